The third kappa shape index (κ3) is 5.71. The van der Waals surface area contributed by atoms with Gasteiger partial charge in [0.1, 0.15) is 5.60 Å². The standard InChI is InChI=1S/C28H50O2/c1-9-26(5,6)20-23(25(2,3)4)28(24(30-28)21-16-17-21)18-12-13-19-29-27(7,8)22-14-10-11-15-22/h12,18,21-24H,9-11,13-17,19-20H2,1-8H3. The molecule has 0 aromatic heterocycles. The quantitative estimate of drug-likeness (QED) is 0.193. The summed E-state index contributed by atoms with van der Waals surface area (Å²) in [7, 11) is 0. The average molecular weight is 419 g/mol. The molecule has 0 radical (unpaired) electrons. The average Bonchev–Trinajstić information content (AvgIpc) is 3.54. The Morgan fingerprint density at radius 1 is 1.00 bits per heavy atom. The molecule has 1 heterocycles. The zero-order valence-corrected chi connectivity index (χ0v) is 21.4. The second kappa shape index (κ2) is 8.89. The van der Waals surface area contributed by atoms with E-state index in [0.717, 1.165) is 24.9 Å². The van der Waals surface area contributed by atoms with Gasteiger partial charge in [-0.25, -0.2) is 0 Å². The highest BCUT2D eigenvalue weighted by atomic mass is 16.6. The summed E-state index contributed by atoms with van der Waals surface area (Å²) in [6.45, 7) is 19.8. The summed E-state index contributed by atoms with van der Waals surface area (Å²) in [6.07, 6.45) is 16.9. The van der Waals surface area contributed by atoms with Crippen LogP contribution in [0.15, 0.2) is 12.2 Å². The SMILES string of the molecule is CCC(C)(C)CC(C(C)(C)C)C1(C=CCCOC(C)(C)C2CCCC2)OC1C1CC1. The summed E-state index contributed by atoms with van der Waals surface area (Å²) < 4.78 is 13.0. The van der Waals surface area contributed by atoms with E-state index in [4.69, 9.17) is 9.47 Å². The maximum absolute atomic E-state index is 6.61. The Balaban J connectivity index is 1.64. The Labute approximate surface area is 187 Å². The van der Waals surface area contributed by atoms with Gasteiger partial charge in [0.15, 0.2) is 0 Å². The molecule has 2 heteroatoms. The van der Waals surface area contributed by atoms with Gasteiger partial charge in [-0.3, -0.25) is 0 Å². The van der Waals surface area contributed by atoms with Crippen molar-refractivity contribution in [2.75, 3.05) is 6.61 Å². The molecule has 3 atom stereocenters. The topological polar surface area (TPSA) is 21.8 Å². The molecular formula is C28H50O2. The largest absolute Gasteiger partial charge is 0.375 e. The molecule has 0 bridgehead atoms. The van der Waals surface area contributed by atoms with Crippen LogP contribution >= 0.6 is 0 Å². The maximum Gasteiger partial charge on any atom is 0.116 e. The van der Waals surface area contributed by atoms with Gasteiger partial charge >= 0.3 is 0 Å². The molecule has 3 aliphatic rings. The Hall–Kier alpha value is -0.340. The summed E-state index contributed by atoms with van der Waals surface area (Å²) in [5.74, 6) is 2.08. The van der Waals surface area contributed by atoms with Crippen molar-refractivity contribution in [3.63, 3.8) is 0 Å². The zero-order valence-electron chi connectivity index (χ0n) is 21.4. The predicted octanol–water partition coefficient (Wildman–Crippen LogP) is 7.95. The van der Waals surface area contributed by atoms with Crippen molar-refractivity contribution in [1.29, 1.82) is 0 Å². The van der Waals surface area contributed by atoms with E-state index < -0.39 is 0 Å². The van der Waals surface area contributed by atoms with E-state index in [1.807, 2.05) is 0 Å². The third-order valence-electron chi connectivity index (χ3n) is 8.55. The lowest BCUT2D eigenvalue weighted by molar-refractivity contribution is -0.0564. The van der Waals surface area contributed by atoms with Crippen LogP contribution in [0.3, 0.4) is 0 Å². The molecule has 174 valence electrons. The van der Waals surface area contributed by atoms with Crippen LogP contribution in [0.4, 0.5) is 0 Å². The summed E-state index contributed by atoms with van der Waals surface area (Å²) in [5.41, 5.74) is 0.565. The zero-order chi connectivity index (χ0) is 22.2. The summed E-state index contributed by atoms with van der Waals surface area (Å²) in [4.78, 5) is 0. The van der Waals surface area contributed by atoms with Crippen LogP contribution in [0.2, 0.25) is 0 Å². The minimum atomic E-state index is -0.0488. The number of ether oxygens (including phenoxy) is 2. The lowest BCUT2D eigenvalue weighted by Crippen LogP contribution is -2.39. The van der Waals surface area contributed by atoms with Gasteiger partial charge in [0.2, 0.25) is 0 Å². The molecule has 2 saturated carbocycles. The highest BCUT2D eigenvalue weighted by molar-refractivity contribution is 5.24. The molecule has 0 aromatic rings. The van der Waals surface area contributed by atoms with Crippen molar-refractivity contribution in [1.82, 2.24) is 0 Å². The summed E-state index contributed by atoms with van der Waals surface area (Å²) in [5, 5.41) is 0. The van der Waals surface area contributed by atoms with Gasteiger partial charge in [0, 0.05) is 0 Å². The van der Waals surface area contributed by atoms with Gasteiger partial charge in [-0.05, 0) is 81.0 Å². The molecule has 0 N–H and O–H groups in total. The molecule has 3 rings (SSSR count). The van der Waals surface area contributed by atoms with Gasteiger partial charge in [-0.2, -0.15) is 0 Å². The van der Waals surface area contributed by atoms with Crippen LogP contribution in [0.5, 0.6) is 0 Å². The van der Waals surface area contributed by atoms with E-state index in [0.29, 0.717) is 17.4 Å². The first-order valence-electron chi connectivity index (χ1n) is 12.9. The minimum Gasteiger partial charge on any atom is -0.375 e. The van der Waals surface area contributed by atoms with Crippen LogP contribution in [0.1, 0.15) is 113 Å². The van der Waals surface area contributed by atoms with E-state index >= 15 is 0 Å². The smallest absolute Gasteiger partial charge is 0.116 e. The fraction of sp³-hybridized carbons (Fsp3) is 0.929. The molecule has 0 amide bonds. The highest BCUT2D eigenvalue weighted by Gasteiger charge is 2.66. The van der Waals surface area contributed by atoms with Crippen molar-refractivity contribution >= 4 is 0 Å². The van der Waals surface area contributed by atoms with E-state index in [9.17, 15) is 0 Å². The first kappa shape index (κ1) is 24.3. The van der Waals surface area contributed by atoms with Crippen molar-refractivity contribution in [2.45, 2.75) is 130 Å². The molecule has 30 heavy (non-hydrogen) atoms. The second-order valence-corrected chi connectivity index (χ2v) is 13.0. The Morgan fingerprint density at radius 2 is 1.63 bits per heavy atom. The summed E-state index contributed by atoms with van der Waals surface area (Å²) >= 11 is 0. The molecule has 0 aromatic carbocycles. The van der Waals surface area contributed by atoms with Gasteiger partial charge in [-0.1, -0.05) is 73.0 Å². The maximum atomic E-state index is 6.61. The van der Waals surface area contributed by atoms with Crippen LogP contribution in [-0.2, 0) is 9.47 Å². The van der Waals surface area contributed by atoms with Gasteiger partial charge in [0.05, 0.1) is 18.3 Å². The molecular weight excluding hydrogens is 368 g/mol. The highest BCUT2D eigenvalue weighted by Crippen LogP contribution is 2.61. The minimum absolute atomic E-state index is 0.0216. The molecule has 2 aliphatic carbocycles. The van der Waals surface area contributed by atoms with E-state index in [-0.39, 0.29) is 16.6 Å². The molecule has 3 fully saturated rings. The van der Waals surface area contributed by atoms with E-state index in [1.165, 1.54) is 51.4 Å². The lowest BCUT2D eigenvalue weighted by Gasteiger charge is -2.40. The lowest BCUT2D eigenvalue weighted by atomic mass is 9.64. The molecule has 1 saturated heterocycles. The van der Waals surface area contributed by atoms with E-state index in [1.54, 1.807) is 0 Å². The van der Waals surface area contributed by atoms with Crippen molar-refractivity contribution in [3.05, 3.63) is 12.2 Å². The van der Waals surface area contributed by atoms with Crippen LogP contribution in [0.25, 0.3) is 0 Å². The fourth-order valence-electron chi connectivity index (χ4n) is 5.82. The van der Waals surface area contributed by atoms with Crippen molar-refractivity contribution in [3.8, 4) is 0 Å². The van der Waals surface area contributed by atoms with Crippen LogP contribution in [-0.4, -0.2) is 23.9 Å². The fourth-order valence-corrected chi connectivity index (χ4v) is 5.82. The Morgan fingerprint density at radius 3 is 2.17 bits per heavy atom. The molecule has 3 unspecified atom stereocenters. The van der Waals surface area contributed by atoms with Gasteiger partial charge < -0.3 is 9.47 Å². The first-order valence-corrected chi connectivity index (χ1v) is 12.9. The van der Waals surface area contributed by atoms with Crippen LogP contribution in [0, 0.1) is 28.6 Å². The normalized spacial score (nSPS) is 29.7. The number of rotatable bonds is 11. The number of hydrogen-bond donors (Lipinski definition) is 0. The van der Waals surface area contributed by atoms with Crippen molar-refractivity contribution in [2.24, 2.45) is 28.6 Å². The second-order valence-electron chi connectivity index (χ2n) is 13.0. The van der Waals surface area contributed by atoms with Gasteiger partial charge in [-0.15, -0.1) is 0 Å². The summed E-state index contributed by atoms with van der Waals surface area (Å²) in [6, 6.07) is 0. The third-order valence-corrected chi connectivity index (χ3v) is 8.55. The molecule has 0 spiro atoms. The van der Waals surface area contributed by atoms with Crippen LogP contribution < -0.4 is 0 Å². The Kier molecular flexibility index (Phi) is 7.20. The number of hydrogen-bond acceptors (Lipinski definition) is 2. The monoisotopic (exact) mass is 418 g/mol. The molecule has 2 nitrogen and oxygen atoms in total. The van der Waals surface area contributed by atoms with Crippen molar-refractivity contribution < 1.29 is 9.47 Å². The van der Waals surface area contributed by atoms with Gasteiger partial charge in [0.25, 0.3) is 0 Å². The number of epoxide rings is 1. The molecule has 1 aliphatic heterocycles. The van der Waals surface area contributed by atoms with E-state index in [2.05, 4.69) is 67.5 Å². The Bertz CT molecular complexity index is 586. The predicted molar refractivity (Wildman–Crippen MR) is 128 cm³/mol. The first-order chi connectivity index (χ1) is 13.9.